The molecule has 0 saturated carbocycles. The Kier molecular flexibility index (Phi) is 13.4. The summed E-state index contributed by atoms with van der Waals surface area (Å²) < 4.78 is 20.3. The molecule has 6 nitrogen and oxygen atoms in total. The summed E-state index contributed by atoms with van der Waals surface area (Å²) in [7, 11) is 0. The largest absolute Gasteiger partial charge is 0.493 e. The van der Waals surface area contributed by atoms with E-state index in [0.29, 0.717) is 33.9 Å². The normalized spacial score (nSPS) is 17.4. The molecule has 3 rings (SSSR count). The van der Waals surface area contributed by atoms with E-state index < -0.39 is 11.5 Å². The van der Waals surface area contributed by atoms with Gasteiger partial charge < -0.3 is 9.84 Å². The Balaban J connectivity index is 0.000000928. The van der Waals surface area contributed by atoms with E-state index >= 15 is 0 Å². The molecule has 3 unspecified atom stereocenters. The highest BCUT2D eigenvalue weighted by atomic mass is 35.5. The fourth-order valence-electron chi connectivity index (χ4n) is 4.26. The van der Waals surface area contributed by atoms with Crippen LogP contribution in [0.15, 0.2) is 65.0 Å². The van der Waals surface area contributed by atoms with Crippen molar-refractivity contribution in [3.63, 3.8) is 0 Å². The number of nitrogens with zero attached hydrogens (tertiary/aromatic N) is 2. The molecule has 42 heavy (non-hydrogen) atoms. The highest BCUT2D eigenvalue weighted by molar-refractivity contribution is 6.30. The molecule has 0 aliphatic carbocycles. The Bertz CT molecular complexity index is 1320. The van der Waals surface area contributed by atoms with Crippen LogP contribution in [-0.4, -0.2) is 39.0 Å². The number of aromatic nitrogens is 2. The van der Waals surface area contributed by atoms with Gasteiger partial charge in [-0.25, -0.2) is 0 Å². The molecule has 2 heterocycles. The third-order valence-corrected chi connectivity index (χ3v) is 8.08. The first kappa shape index (κ1) is 35.2. The quantitative estimate of drug-likeness (QED) is 0.154. The first-order valence-electron chi connectivity index (χ1n) is 14.8. The Labute approximate surface area is 255 Å². The van der Waals surface area contributed by atoms with Gasteiger partial charge in [0.25, 0.3) is 0 Å². The van der Waals surface area contributed by atoms with Gasteiger partial charge in [0.1, 0.15) is 5.75 Å². The van der Waals surface area contributed by atoms with Crippen molar-refractivity contribution in [2.75, 3.05) is 6.61 Å². The second kappa shape index (κ2) is 16.0. The number of aromatic amines is 1. The number of carbonyl (C=O) groups excluding carboxylic acids is 1. The average molecular weight is 600 g/mol. The monoisotopic (exact) mass is 599 g/mol. The Hall–Kier alpha value is -3.03. The average Bonchev–Trinajstić information content (AvgIpc) is 3.40. The zero-order chi connectivity index (χ0) is 31.6. The summed E-state index contributed by atoms with van der Waals surface area (Å²) in [5, 5.41) is 15.6. The molecule has 1 aromatic heterocycles. The SMILES string of the molecule is C=C(C(=C\N=C(c1cn[nH]c1F)C(C)CC)/C(=C\C)C(=O)C1COc2ccc(Cl)cc2C1)C(C)CC.CCC(C)(C)O. The predicted octanol–water partition coefficient (Wildman–Crippen LogP) is 8.46. The standard InChI is InChI=1S/C29H35ClFN3O2.C5H12O/c1-7-17(4)19(6)24(14-32-27(18(5)8-2)25-15-33-34-29(25)31)23(9-3)28(35)21-12-20-13-22(30)10-11-26(20)36-16-21;1-4-5(2,3)6/h9-11,13-15,17-18,21H,6-8,12,16H2,1-5H3,(H,33,34);6H,4H2,1-3H3/b23-9+,24-14+,32-27?;. The van der Waals surface area contributed by atoms with E-state index in [2.05, 4.69) is 30.6 Å². The van der Waals surface area contributed by atoms with Crippen molar-refractivity contribution in [1.29, 1.82) is 0 Å². The van der Waals surface area contributed by atoms with E-state index in [4.69, 9.17) is 26.4 Å². The maximum absolute atomic E-state index is 14.4. The second-order valence-electron chi connectivity index (χ2n) is 11.5. The number of Topliss-reactive ketones (excluding diaryl/α,β-unsaturated/α-hetero) is 1. The van der Waals surface area contributed by atoms with Crippen LogP contribution in [0.4, 0.5) is 4.39 Å². The number of hydrogen-bond donors (Lipinski definition) is 2. The van der Waals surface area contributed by atoms with Crippen LogP contribution in [0.2, 0.25) is 5.02 Å². The second-order valence-corrected chi connectivity index (χ2v) is 11.9. The molecular formula is C34H47ClFN3O3. The number of allylic oxidation sites excluding steroid dienone is 4. The van der Waals surface area contributed by atoms with Gasteiger partial charge in [0.15, 0.2) is 5.78 Å². The molecule has 230 valence electrons. The predicted molar refractivity (Wildman–Crippen MR) is 171 cm³/mol. The molecule has 0 amide bonds. The third kappa shape index (κ3) is 9.50. The molecule has 0 fully saturated rings. The lowest BCUT2D eigenvalue weighted by atomic mass is 9.82. The first-order chi connectivity index (χ1) is 19.8. The number of ether oxygens (including phenoxy) is 1. The van der Waals surface area contributed by atoms with Crippen molar-refractivity contribution in [2.45, 2.75) is 86.7 Å². The summed E-state index contributed by atoms with van der Waals surface area (Å²) in [6.45, 7) is 20.2. The van der Waals surface area contributed by atoms with Gasteiger partial charge in [-0.1, -0.05) is 58.9 Å². The van der Waals surface area contributed by atoms with Crippen LogP contribution < -0.4 is 4.74 Å². The minimum atomic E-state index is -0.524. The van der Waals surface area contributed by atoms with Gasteiger partial charge in [0.2, 0.25) is 5.95 Å². The van der Waals surface area contributed by atoms with Gasteiger partial charge in [-0.05, 0) is 87.6 Å². The van der Waals surface area contributed by atoms with Crippen LogP contribution in [0, 0.1) is 23.7 Å². The molecule has 3 atom stereocenters. The fraction of sp³-hybridized carbons (Fsp3) is 0.500. The fourth-order valence-corrected chi connectivity index (χ4v) is 4.45. The number of aliphatic hydroxyl groups is 1. The maximum atomic E-state index is 14.4. The van der Waals surface area contributed by atoms with Crippen molar-refractivity contribution in [3.05, 3.63) is 82.1 Å². The summed E-state index contributed by atoms with van der Waals surface area (Å²) in [4.78, 5) is 18.5. The number of carbonyl (C=O) groups is 1. The Morgan fingerprint density at radius 2 is 1.90 bits per heavy atom. The van der Waals surface area contributed by atoms with E-state index in [1.807, 2.05) is 45.9 Å². The first-order valence-corrected chi connectivity index (χ1v) is 15.2. The number of ketones is 1. The Morgan fingerprint density at radius 1 is 1.26 bits per heavy atom. The van der Waals surface area contributed by atoms with Crippen LogP contribution in [0.1, 0.15) is 85.8 Å². The van der Waals surface area contributed by atoms with Crippen LogP contribution >= 0.6 is 11.6 Å². The van der Waals surface area contributed by atoms with Crippen LogP contribution in [0.25, 0.3) is 0 Å². The summed E-state index contributed by atoms with van der Waals surface area (Å²) in [5.74, 6) is -0.0366. The highest BCUT2D eigenvalue weighted by Gasteiger charge is 2.30. The third-order valence-electron chi connectivity index (χ3n) is 7.84. The lowest BCUT2D eigenvalue weighted by Crippen LogP contribution is -2.30. The van der Waals surface area contributed by atoms with E-state index in [1.54, 1.807) is 26.1 Å². The van der Waals surface area contributed by atoms with Gasteiger partial charge in [-0.15, -0.1) is 0 Å². The van der Waals surface area contributed by atoms with E-state index in [0.717, 1.165) is 36.1 Å². The van der Waals surface area contributed by atoms with E-state index in [-0.39, 0.29) is 30.1 Å². The van der Waals surface area contributed by atoms with Crippen molar-refractivity contribution >= 4 is 23.1 Å². The van der Waals surface area contributed by atoms with Gasteiger partial charge in [0, 0.05) is 22.4 Å². The van der Waals surface area contributed by atoms with Gasteiger partial charge in [0.05, 0.1) is 35.6 Å². The number of aliphatic imine (C=N–C) groups is 1. The lowest BCUT2D eigenvalue weighted by Gasteiger charge is -2.27. The topological polar surface area (TPSA) is 87.6 Å². The summed E-state index contributed by atoms with van der Waals surface area (Å²) in [6.07, 6.45) is 7.93. The smallest absolute Gasteiger partial charge is 0.218 e. The number of nitrogens with one attached hydrogen (secondary N) is 1. The molecule has 1 aliphatic rings. The number of H-pyrrole nitrogens is 1. The minimum absolute atomic E-state index is 0.00998. The highest BCUT2D eigenvalue weighted by Crippen LogP contribution is 2.34. The number of rotatable bonds is 11. The number of hydrogen-bond acceptors (Lipinski definition) is 5. The zero-order valence-corrected chi connectivity index (χ0v) is 27.1. The molecular weight excluding hydrogens is 553 g/mol. The summed E-state index contributed by atoms with van der Waals surface area (Å²) in [5.41, 5.74) is 3.39. The maximum Gasteiger partial charge on any atom is 0.218 e. The molecule has 0 radical (unpaired) electrons. The molecule has 1 aliphatic heterocycles. The molecule has 0 saturated heterocycles. The van der Waals surface area contributed by atoms with Gasteiger partial charge in [-0.2, -0.15) is 9.49 Å². The van der Waals surface area contributed by atoms with Crippen molar-refractivity contribution < 1.29 is 19.0 Å². The number of halogens is 2. The van der Waals surface area contributed by atoms with Crippen LogP contribution in [0.5, 0.6) is 5.75 Å². The van der Waals surface area contributed by atoms with Gasteiger partial charge in [-0.3, -0.25) is 14.9 Å². The van der Waals surface area contributed by atoms with E-state index in [9.17, 15) is 9.18 Å². The van der Waals surface area contributed by atoms with E-state index in [1.165, 1.54) is 6.20 Å². The summed E-state index contributed by atoms with van der Waals surface area (Å²) in [6, 6.07) is 5.47. The molecule has 2 aromatic rings. The number of fused-ring (bicyclic) bond motifs is 1. The number of benzene rings is 1. The Morgan fingerprint density at radius 3 is 2.43 bits per heavy atom. The molecule has 8 heteroatoms. The minimum Gasteiger partial charge on any atom is -0.493 e. The molecule has 1 aromatic carbocycles. The van der Waals surface area contributed by atoms with Crippen molar-refractivity contribution in [3.8, 4) is 5.75 Å². The van der Waals surface area contributed by atoms with Crippen LogP contribution in [0.3, 0.4) is 0 Å². The summed E-state index contributed by atoms with van der Waals surface area (Å²) >= 11 is 6.18. The van der Waals surface area contributed by atoms with Crippen LogP contribution in [-0.2, 0) is 11.2 Å². The molecule has 0 bridgehead atoms. The lowest BCUT2D eigenvalue weighted by molar-refractivity contribution is -0.120. The molecule has 2 N–H and O–H groups in total. The van der Waals surface area contributed by atoms with Gasteiger partial charge >= 0.3 is 0 Å². The van der Waals surface area contributed by atoms with Crippen molar-refractivity contribution in [1.82, 2.24) is 10.2 Å². The zero-order valence-electron chi connectivity index (χ0n) is 26.4. The molecule has 0 spiro atoms. The van der Waals surface area contributed by atoms with Crippen molar-refractivity contribution in [2.24, 2.45) is 22.7 Å².